The molecular formula is C7H6F2O6S2. The van der Waals surface area contributed by atoms with E-state index in [-0.39, 0.29) is 0 Å². The van der Waals surface area contributed by atoms with Crippen molar-refractivity contribution in [1.29, 1.82) is 0 Å². The molecule has 0 aliphatic carbocycles. The van der Waals surface area contributed by atoms with Gasteiger partial charge in [0, 0.05) is 6.07 Å². The fraction of sp³-hybridized carbons (Fsp3) is 0.143. The van der Waals surface area contributed by atoms with Crippen LogP contribution in [0.5, 0.6) is 5.75 Å². The highest BCUT2D eigenvalue weighted by atomic mass is 32.3. The molecule has 6 nitrogen and oxygen atoms in total. The Morgan fingerprint density at radius 2 is 1.76 bits per heavy atom. The Hall–Kier alpha value is -1.26. The smallest absolute Gasteiger partial charge is 0.326 e. The van der Waals surface area contributed by atoms with E-state index >= 15 is 0 Å². The van der Waals surface area contributed by atoms with E-state index in [1.807, 2.05) is 0 Å². The Balaban J connectivity index is 3.02. The lowest BCUT2D eigenvalue weighted by molar-refractivity contribution is 0.454. The standard InChI is InChI=1S/C7H6F2O6S2/c8-5-1-2-6(9)7(3-5)15-17(13,14)4-16(10,11)12/h1-3H,4H2,(H,10,11,12). The first kappa shape index (κ1) is 13.8. The summed E-state index contributed by atoms with van der Waals surface area (Å²) in [6, 6.07) is 1.75. The average Bonchev–Trinajstić information content (AvgIpc) is 2.06. The topological polar surface area (TPSA) is 97.7 Å². The molecule has 0 unspecified atom stereocenters. The lowest BCUT2D eigenvalue weighted by Crippen LogP contribution is -2.21. The second-order valence-corrected chi connectivity index (χ2v) is 6.30. The number of rotatable bonds is 4. The van der Waals surface area contributed by atoms with E-state index in [4.69, 9.17) is 4.55 Å². The van der Waals surface area contributed by atoms with Crippen molar-refractivity contribution in [2.45, 2.75) is 0 Å². The zero-order chi connectivity index (χ0) is 13.3. The highest BCUT2D eigenvalue weighted by Gasteiger charge is 2.23. The monoisotopic (exact) mass is 288 g/mol. The van der Waals surface area contributed by atoms with Gasteiger partial charge >= 0.3 is 10.1 Å². The largest absolute Gasteiger partial charge is 0.378 e. The predicted molar refractivity (Wildman–Crippen MR) is 52.3 cm³/mol. The van der Waals surface area contributed by atoms with Gasteiger partial charge in [0.25, 0.3) is 10.1 Å². The summed E-state index contributed by atoms with van der Waals surface area (Å²) in [6.07, 6.45) is 0. The minimum Gasteiger partial charge on any atom is -0.378 e. The average molecular weight is 288 g/mol. The number of hydrogen-bond acceptors (Lipinski definition) is 5. The van der Waals surface area contributed by atoms with Crippen LogP contribution in [0, 0.1) is 11.6 Å². The van der Waals surface area contributed by atoms with Crippen LogP contribution in [0.3, 0.4) is 0 Å². The minimum atomic E-state index is -4.85. The zero-order valence-electron chi connectivity index (χ0n) is 8.00. The zero-order valence-corrected chi connectivity index (χ0v) is 9.63. The molecule has 1 N–H and O–H groups in total. The summed E-state index contributed by atoms with van der Waals surface area (Å²) in [5.41, 5.74) is 0. The summed E-state index contributed by atoms with van der Waals surface area (Å²) >= 11 is 0. The second kappa shape index (κ2) is 4.55. The molecule has 17 heavy (non-hydrogen) atoms. The predicted octanol–water partition coefficient (Wildman–Crippen LogP) is 0.519. The molecule has 10 heteroatoms. The maximum atomic E-state index is 13.0. The van der Waals surface area contributed by atoms with Gasteiger partial charge in [-0.3, -0.25) is 4.55 Å². The van der Waals surface area contributed by atoms with Crippen molar-refractivity contribution in [3.8, 4) is 5.75 Å². The van der Waals surface area contributed by atoms with Crippen LogP contribution in [0.25, 0.3) is 0 Å². The van der Waals surface area contributed by atoms with E-state index < -0.39 is 42.7 Å². The van der Waals surface area contributed by atoms with Crippen LogP contribution in [0.2, 0.25) is 0 Å². The van der Waals surface area contributed by atoms with Crippen molar-refractivity contribution in [2.24, 2.45) is 0 Å². The van der Waals surface area contributed by atoms with Crippen LogP contribution in [0.1, 0.15) is 0 Å². The molecule has 0 spiro atoms. The molecule has 0 heterocycles. The van der Waals surface area contributed by atoms with Crippen LogP contribution in [0.15, 0.2) is 18.2 Å². The normalized spacial score (nSPS) is 12.4. The molecule has 0 amide bonds. The van der Waals surface area contributed by atoms with Gasteiger partial charge in [-0.1, -0.05) is 0 Å². The summed E-state index contributed by atoms with van der Waals surface area (Å²) in [6.45, 7) is 0. The quantitative estimate of drug-likeness (QED) is 0.640. The van der Waals surface area contributed by atoms with Crippen molar-refractivity contribution in [3.05, 3.63) is 29.8 Å². The molecule has 96 valence electrons. The molecule has 0 saturated carbocycles. The number of benzene rings is 1. The molecule has 0 radical (unpaired) electrons. The van der Waals surface area contributed by atoms with Crippen LogP contribution in [-0.4, -0.2) is 26.5 Å². The van der Waals surface area contributed by atoms with Crippen LogP contribution in [-0.2, 0) is 20.2 Å². The highest BCUT2D eigenvalue weighted by Crippen LogP contribution is 2.20. The maximum absolute atomic E-state index is 13.0. The molecule has 1 aromatic rings. The maximum Gasteiger partial charge on any atom is 0.326 e. The lowest BCUT2D eigenvalue weighted by atomic mass is 10.3. The van der Waals surface area contributed by atoms with Gasteiger partial charge in [0.15, 0.2) is 11.6 Å². The van der Waals surface area contributed by atoms with Crippen LogP contribution >= 0.6 is 0 Å². The highest BCUT2D eigenvalue weighted by molar-refractivity contribution is 8.03. The summed E-state index contributed by atoms with van der Waals surface area (Å²) in [4.78, 5) is 0. The van der Waals surface area contributed by atoms with Gasteiger partial charge in [-0.05, 0) is 12.1 Å². The summed E-state index contributed by atoms with van der Waals surface area (Å²) in [5.74, 6) is -3.15. The summed E-state index contributed by atoms with van der Waals surface area (Å²) in [7, 11) is -9.63. The Labute approximate surface area is 95.7 Å². The molecule has 0 saturated heterocycles. The first-order valence-corrected chi connectivity index (χ1v) is 7.10. The fourth-order valence-corrected chi connectivity index (χ4v) is 2.94. The molecule has 1 aromatic carbocycles. The van der Waals surface area contributed by atoms with E-state index in [0.717, 1.165) is 6.07 Å². The van der Waals surface area contributed by atoms with E-state index in [1.165, 1.54) is 0 Å². The fourth-order valence-electron chi connectivity index (χ4n) is 0.884. The Morgan fingerprint density at radius 3 is 2.29 bits per heavy atom. The Morgan fingerprint density at radius 1 is 1.18 bits per heavy atom. The molecule has 1 rings (SSSR count). The summed E-state index contributed by atoms with van der Waals surface area (Å²) < 4.78 is 80.6. The van der Waals surface area contributed by atoms with Crippen molar-refractivity contribution in [1.82, 2.24) is 0 Å². The third kappa shape index (κ3) is 4.63. The molecule has 0 atom stereocenters. The van der Waals surface area contributed by atoms with Gasteiger partial charge in [0.1, 0.15) is 5.82 Å². The van der Waals surface area contributed by atoms with Crippen LogP contribution < -0.4 is 4.18 Å². The third-order valence-electron chi connectivity index (χ3n) is 1.40. The first-order chi connectivity index (χ1) is 7.59. The van der Waals surface area contributed by atoms with Crippen molar-refractivity contribution in [2.75, 3.05) is 5.08 Å². The van der Waals surface area contributed by atoms with Crippen molar-refractivity contribution >= 4 is 20.2 Å². The van der Waals surface area contributed by atoms with Gasteiger partial charge in [0.05, 0.1) is 0 Å². The van der Waals surface area contributed by atoms with Gasteiger partial charge in [0.2, 0.25) is 5.08 Å². The Kier molecular flexibility index (Phi) is 3.69. The van der Waals surface area contributed by atoms with Gasteiger partial charge in [-0.15, -0.1) is 0 Å². The van der Waals surface area contributed by atoms with E-state index in [1.54, 1.807) is 0 Å². The first-order valence-electron chi connectivity index (χ1n) is 3.91. The van der Waals surface area contributed by atoms with Gasteiger partial charge < -0.3 is 4.18 Å². The molecule has 0 fully saturated rings. The molecule has 0 aromatic heterocycles. The molecule has 0 aliphatic heterocycles. The molecule has 0 aliphatic rings. The van der Waals surface area contributed by atoms with Gasteiger partial charge in [-0.25, -0.2) is 8.78 Å². The van der Waals surface area contributed by atoms with Crippen LogP contribution in [0.4, 0.5) is 8.78 Å². The van der Waals surface area contributed by atoms with E-state index in [0.29, 0.717) is 12.1 Å². The third-order valence-corrected chi connectivity index (χ3v) is 4.18. The minimum absolute atomic E-state index is 0.427. The number of hydrogen-bond donors (Lipinski definition) is 1. The van der Waals surface area contributed by atoms with E-state index in [2.05, 4.69) is 4.18 Å². The SMILES string of the molecule is O=S(=O)(O)CS(=O)(=O)Oc1cc(F)ccc1F. The molecule has 0 bridgehead atoms. The van der Waals surface area contributed by atoms with Crippen molar-refractivity contribution in [3.63, 3.8) is 0 Å². The second-order valence-electron chi connectivity index (χ2n) is 2.92. The summed E-state index contributed by atoms with van der Waals surface area (Å²) in [5, 5.41) is -1.75. The lowest BCUT2D eigenvalue weighted by Gasteiger charge is -2.06. The van der Waals surface area contributed by atoms with E-state index in [9.17, 15) is 25.6 Å². The molecular weight excluding hydrogens is 282 g/mol. The van der Waals surface area contributed by atoms with Crippen molar-refractivity contribution < 1.29 is 34.4 Å². The van der Waals surface area contributed by atoms with Gasteiger partial charge in [-0.2, -0.15) is 16.8 Å². The Bertz CT molecular complexity index is 622. The number of halogens is 2.